The van der Waals surface area contributed by atoms with E-state index in [1.54, 1.807) is 0 Å². The maximum absolute atomic E-state index is 6.49. The number of aryl methyl sites for hydroxylation is 1. The lowest BCUT2D eigenvalue weighted by Crippen LogP contribution is -2.30. The van der Waals surface area contributed by atoms with Gasteiger partial charge in [-0.2, -0.15) is 5.10 Å². The molecule has 1 aliphatic rings. The Kier molecular flexibility index (Phi) is 7.00. The van der Waals surface area contributed by atoms with Crippen molar-refractivity contribution < 1.29 is 0 Å². The van der Waals surface area contributed by atoms with Gasteiger partial charge in [0, 0.05) is 32.2 Å². The second-order valence-electron chi connectivity index (χ2n) is 5.59. The van der Waals surface area contributed by atoms with Gasteiger partial charge in [0.25, 0.3) is 0 Å². The van der Waals surface area contributed by atoms with Crippen LogP contribution in [0.5, 0.6) is 0 Å². The zero-order valence-electron chi connectivity index (χ0n) is 13.8. The van der Waals surface area contributed by atoms with E-state index >= 15 is 0 Å². The second kappa shape index (κ2) is 8.01. The van der Waals surface area contributed by atoms with Gasteiger partial charge >= 0.3 is 0 Å². The second-order valence-corrected chi connectivity index (χ2v) is 5.96. The Labute approximate surface area is 128 Å². The molecule has 1 aliphatic heterocycles. The SMILES string of the molecule is CC.CC(C)N1CCCn2nc(CN(C)C)c(Cl)c2C1. The van der Waals surface area contributed by atoms with Crippen molar-refractivity contribution in [3.63, 3.8) is 0 Å². The third-order valence-electron chi connectivity index (χ3n) is 3.42. The zero-order valence-corrected chi connectivity index (χ0v) is 14.5. The maximum Gasteiger partial charge on any atom is 0.0954 e. The predicted molar refractivity (Wildman–Crippen MR) is 86.1 cm³/mol. The van der Waals surface area contributed by atoms with Crippen LogP contribution in [0.3, 0.4) is 0 Å². The minimum Gasteiger partial charge on any atom is -0.303 e. The zero-order chi connectivity index (χ0) is 15.3. The summed E-state index contributed by atoms with van der Waals surface area (Å²) in [7, 11) is 4.09. The van der Waals surface area contributed by atoms with Gasteiger partial charge in [-0.1, -0.05) is 25.4 Å². The highest BCUT2D eigenvalue weighted by Gasteiger charge is 2.22. The topological polar surface area (TPSA) is 24.3 Å². The third kappa shape index (κ3) is 4.21. The summed E-state index contributed by atoms with van der Waals surface area (Å²) in [5.41, 5.74) is 2.18. The molecule has 0 saturated heterocycles. The van der Waals surface area contributed by atoms with E-state index in [9.17, 15) is 0 Å². The Bertz CT molecular complexity index is 412. The average Bonchev–Trinajstić information content (AvgIpc) is 2.59. The summed E-state index contributed by atoms with van der Waals surface area (Å²) in [4.78, 5) is 4.57. The van der Waals surface area contributed by atoms with Crippen molar-refractivity contribution in [3.05, 3.63) is 16.4 Å². The molecule has 0 bridgehead atoms. The first kappa shape index (κ1) is 17.5. The molecule has 2 rings (SSSR count). The molecule has 0 aromatic carbocycles. The Morgan fingerprint density at radius 3 is 2.45 bits per heavy atom. The standard InChI is InChI=1S/C13H23ClN4.C2H6/c1-10(2)17-6-5-7-18-12(9-17)13(14)11(15-18)8-16(3)4;1-2/h10H,5-9H2,1-4H3;1-2H3. The fourth-order valence-corrected chi connectivity index (χ4v) is 2.66. The van der Waals surface area contributed by atoms with Gasteiger partial charge in [0.1, 0.15) is 0 Å². The van der Waals surface area contributed by atoms with Gasteiger partial charge in [0.05, 0.1) is 16.4 Å². The largest absolute Gasteiger partial charge is 0.303 e. The lowest BCUT2D eigenvalue weighted by Gasteiger charge is -2.23. The molecule has 0 saturated carbocycles. The van der Waals surface area contributed by atoms with E-state index in [1.807, 2.05) is 27.9 Å². The Hall–Kier alpha value is -0.580. The average molecular weight is 301 g/mol. The molecule has 1 aromatic heterocycles. The van der Waals surface area contributed by atoms with Crippen molar-refractivity contribution in [1.29, 1.82) is 0 Å². The number of hydrogen-bond donors (Lipinski definition) is 0. The highest BCUT2D eigenvalue weighted by molar-refractivity contribution is 6.31. The number of hydrogen-bond acceptors (Lipinski definition) is 3. The molecular formula is C15H29ClN4. The Balaban J connectivity index is 0.000000956. The minimum atomic E-state index is 0.555. The van der Waals surface area contributed by atoms with E-state index in [1.165, 1.54) is 5.69 Å². The van der Waals surface area contributed by atoms with Crippen LogP contribution in [0.1, 0.15) is 45.5 Å². The summed E-state index contributed by atoms with van der Waals surface area (Å²) in [6, 6.07) is 0.555. The first-order valence-corrected chi connectivity index (χ1v) is 7.99. The van der Waals surface area contributed by atoms with Crippen LogP contribution in [0, 0.1) is 0 Å². The van der Waals surface area contributed by atoms with Gasteiger partial charge in [-0.15, -0.1) is 0 Å². The van der Waals surface area contributed by atoms with Gasteiger partial charge in [0.15, 0.2) is 0 Å². The van der Waals surface area contributed by atoms with Crippen LogP contribution in [0.2, 0.25) is 5.02 Å². The van der Waals surface area contributed by atoms with E-state index in [2.05, 4.69) is 33.4 Å². The molecule has 0 fully saturated rings. The molecule has 0 spiro atoms. The van der Waals surface area contributed by atoms with Gasteiger partial charge in [-0.3, -0.25) is 9.58 Å². The van der Waals surface area contributed by atoms with Gasteiger partial charge < -0.3 is 4.90 Å². The molecule has 0 N–H and O–H groups in total. The van der Waals surface area contributed by atoms with E-state index in [0.29, 0.717) is 6.04 Å². The van der Waals surface area contributed by atoms with E-state index in [0.717, 1.165) is 43.3 Å². The summed E-state index contributed by atoms with van der Waals surface area (Å²) in [5.74, 6) is 0. The molecule has 4 nitrogen and oxygen atoms in total. The first-order chi connectivity index (χ1) is 9.49. The lowest BCUT2D eigenvalue weighted by atomic mass is 10.2. The van der Waals surface area contributed by atoms with Crippen molar-refractivity contribution in [2.45, 2.75) is 59.8 Å². The highest BCUT2D eigenvalue weighted by atomic mass is 35.5. The van der Waals surface area contributed by atoms with Crippen LogP contribution in [0.25, 0.3) is 0 Å². The summed E-state index contributed by atoms with van der Waals surface area (Å²) < 4.78 is 2.10. The van der Waals surface area contributed by atoms with Gasteiger partial charge in [0.2, 0.25) is 0 Å². The lowest BCUT2D eigenvalue weighted by molar-refractivity contribution is 0.216. The number of fused-ring (bicyclic) bond motifs is 1. The number of aromatic nitrogens is 2. The van der Waals surface area contributed by atoms with Gasteiger partial charge in [-0.05, 0) is 34.4 Å². The predicted octanol–water partition coefficient (Wildman–Crippen LogP) is 3.24. The maximum atomic E-state index is 6.49. The molecule has 0 amide bonds. The van der Waals surface area contributed by atoms with E-state index in [4.69, 9.17) is 11.6 Å². The third-order valence-corrected chi connectivity index (χ3v) is 3.86. The van der Waals surface area contributed by atoms with Crippen molar-refractivity contribution in [3.8, 4) is 0 Å². The van der Waals surface area contributed by atoms with E-state index in [-0.39, 0.29) is 0 Å². The smallest absolute Gasteiger partial charge is 0.0954 e. The summed E-state index contributed by atoms with van der Waals surface area (Å²) in [6.07, 6.45) is 1.14. The Morgan fingerprint density at radius 1 is 1.25 bits per heavy atom. The molecule has 5 heteroatoms. The Morgan fingerprint density at radius 2 is 1.90 bits per heavy atom. The van der Waals surface area contributed by atoms with E-state index < -0.39 is 0 Å². The monoisotopic (exact) mass is 300 g/mol. The van der Waals surface area contributed by atoms with Crippen molar-refractivity contribution in [2.24, 2.45) is 0 Å². The molecule has 2 heterocycles. The number of rotatable bonds is 3. The van der Waals surface area contributed by atoms with Crippen LogP contribution in [0.15, 0.2) is 0 Å². The van der Waals surface area contributed by atoms with Crippen LogP contribution >= 0.6 is 11.6 Å². The molecular weight excluding hydrogens is 272 g/mol. The molecule has 0 radical (unpaired) electrons. The van der Waals surface area contributed by atoms with Crippen LogP contribution in [0.4, 0.5) is 0 Å². The molecule has 1 aromatic rings. The van der Waals surface area contributed by atoms with Gasteiger partial charge in [-0.25, -0.2) is 0 Å². The fraction of sp³-hybridized carbons (Fsp3) is 0.800. The van der Waals surface area contributed by atoms with Crippen molar-refractivity contribution in [1.82, 2.24) is 19.6 Å². The summed E-state index contributed by atoms with van der Waals surface area (Å²) in [5, 5.41) is 5.52. The molecule has 0 atom stereocenters. The minimum absolute atomic E-state index is 0.555. The highest BCUT2D eigenvalue weighted by Crippen LogP contribution is 2.26. The first-order valence-electron chi connectivity index (χ1n) is 7.62. The summed E-state index contributed by atoms with van der Waals surface area (Å²) in [6.45, 7) is 12.3. The normalized spacial score (nSPS) is 15.8. The summed E-state index contributed by atoms with van der Waals surface area (Å²) >= 11 is 6.49. The fourth-order valence-electron chi connectivity index (χ4n) is 2.40. The molecule has 0 unspecified atom stereocenters. The van der Waals surface area contributed by atoms with Crippen LogP contribution in [-0.4, -0.2) is 46.3 Å². The molecule has 20 heavy (non-hydrogen) atoms. The quantitative estimate of drug-likeness (QED) is 0.856. The van der Waals surface area contributed by atoms with Crippen LogP contribution < -0.4 is 0 Å². The van der Waals surface area contributed by atoms with Crippen molar-refractivity contribution >= 4 is 11.6 Å². The number of nitrogens with zero attached hydrogens (tertiary/aromatic N) is 4. The molecule has 0 aliphatic carbocycles. The van der Waals surface area contributed by atoms with Crippen LogP contribution in [-0.2, 0) is 19.6 Å². The number of halogens is 1. The van der Waals surface area contributed by atoms with Crippen molar-refractivity contribution in [2.75, 3.05) is 20.6 Å². The molecule has 116 valence electrons.